The van der Waals surface area contributed by atoms with Crippen molar-refractivity contribution in [1.82, 2.24) is 20.6 Å². The third kappa shape index (κ3) is 7.26. The van der Waals surface area contributed by atoms with Gasteiger partial charge in [0.15, 0.2) is 0 Å². The molecular weight excluding hydrogens is 629 g/mol. The molecule has 11 nitrogen and oxygen atoms in total. The quantitative estimate of drug-likeness (QED) is 0.145. The fourth-order valence-corrected chi connectivity index (χ4v) is 7.49. The maximum absolute atomic E-state index is 12.6. The van der Waals surface area contributed by atoms with Crippen molar-refractivity contribution in [2.75, 3.05) is 5.75 Å². The van der Waals surface area contributed by atoms with Crippen molar-refractivity contribution in [3.8, 4) is 0 Å². The van der Waals surface area contributed by atoms with Gasteiger partial charge in [-0.25, -0.2) is 0 Å². The van der Waals surface area contributed by atoms with Crippen molar-refractivity contribution in [2.45, 2.75) is 90.2 Å². The summed E-state index contributed by atoms with van der Waals surface area (Å²) in [7, 11) is 0. The maximum Gasteiger partial charge on any atom is 0.307 e. The predicted molar refractivity (Wildman–Crippen MR) is 181 cm³/mol. The molecule has 4 rings (SSSR count). The lowest BCUT2D eigenvalue weighted by Gasteiger charge is -2.25. The van der Waals surface area contributed by atoms with Gasteiger partial charge in [0.1, 0.15) is 6.10 Å². The summed E-state index contributed by atoms with van der Waals surface area (Å²) in [5.74, 6) is -2.13. The maximum atomic E-state index is 12.6. The lowest BCUT2D eigenvalue weighted by atomic mass is 9.85. The molecule has 4 heterocycles. The van der Waals surface area contributed by atoms with Crippen LogP contribution in [0.4, 0.5) is 0 Å². The van der Waals surface area contributed by atoms with E-state index in [4.69, 9.17) is 0 Å². The Hall–Kier alpha value is -3.42. The molecule has 0 spiro atoms. The molecule has 2 aromatic heterocycles. The van der Waals surface area contributed by atoms with Crippen molar-refractivity contribution in [1.29, 1.82) is 0 Å². The third-order valence-corrected chi connectivity index (χ3v) is 10.0. The first-order chi connectivity index (χ1) is 21.7. The summed E-state index contributed by atoms with van der Waals surface area (Å²) >= 11 is 8.82. The van der Waals surface area contributed by atoms with Gasteiger partial charge in [-0.2, -0.15) is 25.3 Å². The number of amides is 2. The molecule has 1 fully saturated rings. The average molecular weight is 673 g/mol. The molecule has 2 aliphatic rings. The number of aliphatic carboxylic acids is 2. The molecule has 0 aliphatic carbocycles. The van der Waals surface area contributed by atoms with Gasteiger partial charge in [0.05, 0.1) is 18.5 Å². The number of aromatic amines is 2. The number of carboxylic acid groups (broad SMARTS) is 2. The highest BCUT2D eigenvalue weighted by atomic mass is 32.1. The molecule has 46 heavy (non-hydrogen) atoms. The van der Waals surface area contributed by atoms with Crippen molar-refractivity contribution in [3.05, 3.63) is 55.5 Å². The highest BCUT2D eigenvalue weighted by molar-refractivity contribution is 7.81. The SMILES string of the molecule is CC1=C([C@@H](C)S)C(=O)N[C@@H]1Cc1[nH]c(/C=c2\[nH]c([C@H](O)C3NC(=O)[C@H](C)[C@H]3CCS)c(C)\c2=C/CC(=O)O)c(CCC(=O)O)c1C. The van der Waals surface area contributed by atoms with E-state index in [1.54, 1.807) is 13.0 Å². The van der Waals surface area contributed by atoms with Crippen LogP contribution < -0.4 is 21.2 Å². The third-order valence-electron chi connectivity index (χ3n) is 9.49. The van der Waals surface area contributed by atoms with Gasteiger partial charge in [-0.3, -0.25) is 19.2 Å². The van der Waals surface area contributed by atoms with Gasteiger partial charge in [-0.1, -0.05) is 13.0 Å². The Balaban J connectivity index is 1.84. The number of H-pyrrole nitrogens is 2. The van der Waals surface area contributed by atoms with E-state index >= 15 is 0 Å². The van der Waals surface area contributed by atoms with E-state index in [0.29, 0.717) is 51.7 Å². The molecule has 1 unspecified atom stereocenters. The molecule has 7 N–H and O–H groups in total. The van der Waals surface area contributed by atoms with Crippen LogP contribution in [-0.4, -0.2) is 72.1 Å². The van der Waals surface area contributed by atoms with Crippen molar-refractivity contribution >= 4 is 61.2 Å². The molecular formula is C33H44N4O7S2. The van der Waals surface area contributed by atoms with Crippen molar-refractivity contribution in [2.24, 2.45) is 11.8 Å². The Bertz CT molecular complexity index is 1690. The number of carbonyl (C=O) groups excluding carboxylic acids is 2. The van der Waals surface area contributed by atoms with Gasteiger partial charge >= 0.3 is 11.9 Å². The van der Waals surface area contributed by atoms with Gasteiger partial charge < -0.3 is 35.9 Å². The number of hydrogen-bond acceptors (Lipinski definition) is 7. The first-order valence-electron chi connectivity index (χ1n) is 15.5. The minimum atomic E-state index is -1.09. The van der Waals surface area contributed by atoms with Crippen LogP contribution in [0.2, 0.25) is 0 Å². The Kier molecular flexibility index (Phi) is 11.2. The molecule has 250 valence electrons. The van der Waals surface area contributed by atoms with E-state index in [1.165, 1.54) is 0 Å². The number of carbonyl (C=O) groups is 4. The van der Waals surface area contributed by atoms with Gasteiger partial charge in [-0.05, 0) is 85.8 Å². The number of hydrogen-bond donors (Lipinski definition) is 9. The Labute approximate surface area is 278 Å². The van der Waals surface area contributed by atoms with Crippen LogP contribution in [0.1, 0.15) is 79.9 Å². The second kappa shape index (κ2) is 14.6. The van der Waals surface area contributed by atoms with E-state index in [-0.39, 0.29) is 54.2 Å². The van der Waals surface area contributed by atoms with Gasteiger partial charge in [0.2, 0.25) is 11.8 Å². The van der Waals surface area contributed by atoms with E-state index in [9.17, 15) is 34.5 Å². The zero-order valence-electron chi connectivity index (χ0n) is 26.7. The second-order valence-electron chi connectivity index (χ2n) is 12.4. The van der Waals surface area contributed by atoms with E-state index in [2.05, 4.69) is 45.9 Å². The van der Waals surface area contributed by atoms with Crippen LogP contribution in [0.5, 0.6) is 0 Å². The number of thiol groups is 2. The summed E-state index contributed by atoms with van der Waals surface area (Å²) in [4.78, 5) is 55.1. The minimum Gasteiger partial charge on any atom is -0.481 e. The molecule has 2 amide bonds. The van der Waals surface area contributed by atoms with Crippen molar-refractivity contribution < 1.29 is 34.5 Å². The summed E-state index contributed by atoms with van der Waals surface area (Å²) < 4.78 is 0. The number of carboxylic acids is 2. The van der Waals surface area contributed by atoms with Gasteiger partial charge in [-0.15, -0.1) is 0 Å². The zero-order chi connectivity index (χ0) is 34.0. The van der Waals surface area contributed by atoms with E-state index < -0.39 is 24.1 Å². The highest BCUT2D eigenvalue weighted by Crippen LogP contribution is 2.34. The number of rotatable bonds is 13. The van der Waals surface area contributed by atoms with Crippen LogP contribution >= 0.6 is 25.3 Å². The highest BCUT2D eigenvalue weighted by Gasteiger charge is 2.43. The molecule has 0 saturated carbocycles. The monoisotopic (exact) mass is 672 g/mol. The number of aliphatic hydroxyl groups is 1. The predicted octanol–water partition coefficient (Wildman–Crippen LogP) is 1.84. The normalized spacial score (nSPS) is 23.7. The average Bonchev–Trinajstić information content (AvgIpc) is 3.64. The van der Waals surface area contributed by atoms with Crippen LogP contribution in [0, 0.1) is 25.7 Å². The van der Waals surface area contributed by atoms with Crippen LogP contribution in [0.3, 0.4) is 0 Å². The summed E-state index contributed by atoms with van der Waals surface area (Å²) in [6.07, 6.45) is 3.27. The molecule has 13 heteroatoms. The molecule has 0 bridgehead atoms. The fourth-order valence-electron chi connectivity index (χ4n) is 6.87. The second-order valence-corrected chi connectivity index (χ2v) is 13.6. The van der Waals surface area contributed by atoms with Crippen LogP contribution in [0.25, 0.3) is 12.2 Å². The topological polar surface area (TPSA) is 185 Å². The smallest absolute Gasteiger partial charge is 0.307 e. The first kappa shape index (κ1) is 35.4. The Morgan fingerprint density at radius 3 is 2.33 bits per heavy atom. The largest absolute Gasteiger partial charge is 0.481 e. The first-order valence-corrected chi connectivity index (χ1v) is 16.6. The van der Waals surface area contributed by atoms with Gasteiger partial charge in [0, 0.05) is 52.0 Å². The molecule has 2 aromatic rings. The lowest BCUT2D eigenvalue weighted by Crippen LogP contribution is -2.36. The summed E-state index contributed by atoms with van der Waals surface area (Å²) in [5, 5.41) is 37.4. The number of nitrogens with one attached hydrogen (secondary N) is 4. The van der Waals surface area contributed by atoms with E-state index in [0.717, 1.165) is 22.4 Å². The molecule has 0 aromatic carbocycles. The van der Waals surface area contributed by atoms with Crippen LogP contribution in [0.15, 0.2) is 11.1 Å². The summed E-state index contributed by atoms with van der Waals surface area (Å²) in [6, 6.07) is -0.807. The van der Waals surface area contributed by atoms with Gasteiger partial charge in [0.25, 0.3) is 0 Å². The Morgan fingerprint density at radius 2 is 1.74 bits per heavy atom. The fraction of sp³-hybridized carbons (Fsp3) is 0.515. The molecule has 1 saturated heterocycles. The lowest BCUT2D eigenvalue weighted by molar-refractivity contribution is -0.137. The number of aromatic nitrogens is 2. The van der Waals surface area contributed by atoms with Crippen LogP contribution in [-0.2, 0) is 32.0 Å². The van der Waals surface area contributed by atoms with Crippen molar-refractivity contribution in [3.63, 3.8) is 0 Å². The Morgan fingerprint density at radius 1 is 1.04 bits per heavy atom. The summed E-state index contributed by atoms with van der Waals surface area (Å²) in [6.45, 7) is 9.31. The summed E-state index contributed by atoms with van der Waals surface area (Å²) in [5.41, 5.74) is 5.81. The molecule has 6 atom stereocenters. The molecule has 2 aliphatic heterocycles. The van der Waals surface area contributed by atoms with E-state index in [1.807, 2.05) is 33.8 Å². The zero-order valence-corrected chi connectivity index (χ0v) is 28.5. The standard InChI is InChI=1S/C33H44N4O7S2/c1-14-19(6-8-26(38)39)24(34-22(14)12-23-17(4)28(18(5)46)33(44)36-23)13-25-20(7-9-27(40)41)15(2)29(35-25)31(42)30-21(10-11-45)16(3)32(43)37-30/h7,13,16,18,21,23,30-31,34-35,42,45-46H,6,8-12H2,1-5H3,(H,36,44)(H,37,43)(H,38,39)(H,40,41)/b20-7+,25-13-/t16-,18-,21-,23-,30?,31+/m1/s1. The number of aliphatic hydroxyl groups excluding tert-OH is 1. The molecule has 0 radical (unpaired) electrons. The minimum absolute atomic E-state index is 0.100.